The molecule has 0 unspecified atom stereocenters. The van der Waals surface area contributed by atoms with Gasteiger partial charge in [-0.15, -0.1) is 10.2 Å². The molecule has 3 heterocycles. The lowest BCUT2D eigenvalue weighted by atomic mass is 10.2. The van der Waals surface area contributed by atoms with Crippen LogP contribution in [0.15, 0.2) is 72.1 Å². The number of nitrogens with zero attached hydrogens (tertiary/aromatic N) is 4. The molecule has 0 spiro atoms. The number of nitrogens with one attached hydrogen (secondary N) is 1. The molecule has 0 saturated carbocycles. The van der Waals surface area contributed by atoms with Crippen molar-refractivity contribution in [3.63, 3.8) is 0 Å². The van der Waals surface area contributed by atoms with Crippen LogP contribution >= 0.6 is 11.8 Å². The largest absolute Gasteiger partial charge is 0.454 e. The van der Waals surface area contributed by atoms with Gasteiger partial charge in [0.25, 0.3) is 0 Å². The Balaban J connectivity index is 1.34. The van der Waals surface area contributed by atoms with Crippen molar-refractivity contribution < 1.29 is 18.7 Å². The van der Waals surface area contributed by atoms with Crippen molar-refractivity contribution in [1.82, 2.24) is 25.1 Å². The summed E-state index contributed by atoms with van der Waals surface area (Å²) in [5.74, 6) is 1.45. The Labute approximate surface area is 199 Å². The van der Waals surface area contributed by atoms with Crippen LogP contribution in [0.3, 0.4) is 0 Å². The molecule has 0 fully saturated rings. The van der Waals surface area contributed by atoms with Crippen molar-refractivity contribution >= 4 is 17.7 Å². The van der Waals surface area contributed by atoms with E-state index in [9.17, 15) is 9.18 Å². The molecule has 1 N–H and O–H groups in total. The van der Waals surface area contributed by atoms with Crippen LogP contribution in [0, 0.1) is 5.82 Å². The molecule has 0 bridgehead atoms. The quantitative estimate of drug-likeness (QED) is 0.403. The topological polar surface area (TPSA) is 91.2 Å². The van der Waals surface area contributed by atoms with Gasteiger partial charge in [0.15, 0.2) is 22.5 Å². The summed E-state index contributed by atoms with van der Waals surface area (Å²) < 4.78 is 26.1. The first-order valence-corrected chi connectivity index (χ1v) is 11.4. The zero-order chi connectivity index (χ0) is 23.5. The summed E-state index contributed by atoms with van der Waals surface area (Å²) in [6, 6.07) is 15.3. The summed E-state index contributed by atoms with van der Waals surface area (Å²) >= 11 is 1.27. The number of aromatic nitrogens is 4. The number of thioether (sulfide) groups is 1. The maximum absolute atomic E-state index is 13.5. The van der Waals surface area contributed by atoms with Crippen LogP contribution in [-0.4, -0.2) is 37.7 Å². The van der Waals surface area contributed by atoms with Crippen LogP contribution < -0.4 is 14.8 Å². The van der Waals surface area contributed by atoms with Crippen molar-refractivity contribution in [2.24, 2.45) is 0 Å². The third-order valence-corrected chi connectivity index (χ3v) is 6.25. The Bertz CT molecular complexity index is 1310. The van der Waals surface area contributed by atoms with Crippen molar-refractivity contribution in [1.29, 1.82) is 0 Å². The van der Waals surface area contributed by atoms with Gasteiger partial charge in [0.05, 0.1) is 5.25 Å². The van der Waals surface area contributed by atoms with E-state index in [1.54, 1.807) is 36.0 Å². The second-order valence-corrected chi connectivity index (χ2v) is 8.83. The fourth-order valence-corrected chi connectivity index (χ4v) is 4.34. The molecule has 2 aromatic carbocycles. The lowest BCUT2D eigenvalue weighted by Gasteiger charge is -2.14. The molecule has 8 nitrogen and oxygen atoms in total. The minimum atomic E-state index is -0.456. The van der Waals surface area contributed by atoms with Gasteiger partial charge in [0.1, 0.15) is 5.82 Å². The second kappa shape index (κ2) is 9.52. The molecule has 4 aromatic rings. The lowest BCUT2D eigenvalue weighted by molar-refractivity contribution is -0.120. The number of halogens is 1. The van der Waals surface area contributed by atoms with Gasteiger partial charge in [0.2, 0.25) is 12.7 Å². The van der Waals surface area contributed by atoms with Gasteiger partial charge < -0.3 is 14.8 Å². The third kappa shape index (κ3) is 4.58. The van der Waals surface area contributed by atoms with Crippen LogP contribution in [-0.2, 0) is 11.3 Å². The van der Waals surface area contributed by atoms with E-state index >= 15 is 0 Å². The van der Waals surface area contributed by atoms with E-state index in [1.807, 2.05) is 30.3 Å². The van der Waals surface area contributed by atoms with Gasteiger partial charge in [-0.3, -0.25) is 14.3 Å². The Kier molecular flexibility index (Phi) is 6.13. The van der Waals surface area contributed by atoms with Gasteiger partial charge in [-0.1, -0.05) is 17.8 Å². The number of fused-ring (bicyclic) bond motifs is 1. The fourth-order valence-electron chi connectivity index (χ4n) is 3.45. The number of ether oxygens (including phenoxy) is 2. The molecule has 172 valence electrons. The monoisotopic (exact) mass is 477 g/mol. The first kappa shape index (κ1) is 21.9. The highest BCUT2D eigenvalue weighted by Crippen LogP contribution is 2.33. The van der Waals surface area contributed by atoms with Gasteiger partial charge in [-0.2, -0.15) is 0 Å². The van der Waals surface area contributed by atoms with E-state index < -0.39 is 5.25 Å². The highest BCUT2D eigenvalue weighted by molar-refractivity contribution is 8.00. The van der Waals surface area contributed by atoms with Crippen molar-refractivity contribution in [3.8, 4) is 28.6 Å². The van der Waals surface area contributed by atoms with E-state index in [1.165, 1.54) is 23.9 Å². The fraction of sp³-hybridized carbons (Fsp3) is 0.167. The summed E-state index contributed by atoms with van der Waals surface area (Å²) in [6.07, 6.45) is 3.33. The molecule has 34 heavy (non-hydrogen) atoms. The van der Waals surface area contributed by atoms with E-state index in [2.05, 4.69) is 20.5 Å². The van der Waals surface area contributed by atoms with Gasteiger partial charge in [-0.25, -0.2) is 4.39 Å². The average molecular weight is 478 g/mol. The molecule has 1 amide bonds. The molecule has 2 aromatic heterocycles. The van der Waals surface area contributed by atoms with Crippen molar-refractivity contribution in [2.75, 3.05) is 6.79 Å². The van der Waals surface area contributed by atoms with Crippen molar-refractivity contribution in [2.45, 2.75) is 23.9 Å². The SMILES string of the molecule is C[C@@H](Sc1nnc(-c2ccncc2)n1-c1ccc(F)cc1)C(=O)NCc1ccc2c(c1)OCO2. The standard InChI is InChI=1S/C24H20FN5O3S/c1-15(23(31)27-13-16-2-7-20-21(12-16)33-14-32-20)34-24-29-28-22(17-8-10-26-11-9-17)30(24)19-5-3-18(25)4-6-19/h2-12,15H,13-14H2,1H3,(H,27,31)/t15-/m1/s1. The maximum atomic E-state index is 13.5. The second-order valence-electron chi connectivity index (χ2n) is 7.52. The number of carbonyl (C=O) groups is 1. The highest BCUT2D eigenvalue weighted by atomic mass is 32.2. The van der Waals surface area contributed by atoms with Gasteiger partial charge >= 0.3 is 0 Å². The lowest BCUT2D eigenvalue weighted by Crippen LogP contribution is -2.30. The summed E-state index contributed by atoms with van der Waals surface area (Å²) in [7, 11) is 0. The first-order valence-electron chi connectivity index (χ1n) is 10.5. The van der Waals surface area contributed by atoms with E-state index in [-0.39, 0.29) is 18.5 Å². The summed E-state index contributed by atoms with van der Waals surface area (Å²) in [5, 5.41) is 11.7. The first-order chi connectivity index (χ1) is 16.6. The Morgan fingerprint density at radius 3 is 2.65 bits per heavy atom. The molecule has 0 aliphatic carbocycles. The Morgan fingerprint density at radius 1 is 1.09 bits per heavy atom. The van der Waals surface area contributed by atoms with Gasteiger partial charge in [-0.05, 0) is 61.0 Å². The van der Waals surface area contributed by atoms with E-state index in [0.29, 0.717) is 34.7 Å². The predicted octanol–water partition coefficient (Wildman–Crippen LogP) is 3.99. The third-order valence-electron chi connectivity index (χ3n) is 5.21. The number of amides is 1. The van der Waals surface area contributed by atoms with E-state index in [0.717, 1.165) is 11.1 Å². The zero-order valence-corrected chi connectivity index (χ0v) is 19.0. The zero-order valence-electron chi connectivity index (χ0n) is 18.1. The molecule has 1 atom stereocenters. The summed E-state index contributed by atoms with van der Waals surface area (Å²) in [6.45, 7) is 2.36. The number of rotatable bonds is 7. The smallest absolute Gasteiger partial charge is 0.233 e. The Morgan fingerprint density at radius 2 is 1.85 bits per heavy atom. The number of benzene rings is 2. The molecule has 10 heteroatoms. The number of hydrogen-bond donors (Lipinski definition) is 1. The van der Waals surface area contributed by atoms with Crippen LogP contribution in [0.4, 0.5) is 4.39 Å². The normalized spacial score (nSPS) is 13.0. The molecular weight excluding hydrogens is 457 g/mol. The molecule has 0 radical (unpaired) electrons. The van der Waals surface area contributed by atoms with Gasteiger partial charge in [0, 0.05) is 30.2 Å². The molecule has 1 aliphatic rings. The highest BCUT2D eigenvalue weighted by Gasteiger charge is 2.22. The average Bonchev–Trinajstić information content (AvgIpc) is 3.50. The van der Waals surface area contributed by atoms with Crippen molar-refractivity contribution in [3.05, 3.63) is 78.4 Å². The number of pyridine rings is 1. The van der Waals surface area contributed by atoms with E-state index in [4.69, 9.17) is 9.47 Å². The molecule has 0 saturated heterocycles. The van der Waals surface area contributed by atoms with Crippen LogP contribution in [0.5, 0.6) is 11.5 Å². The minimum absolute atomic E-state index is 0.151. The van der Waals surface area contributed by atoms with Crippen LogP contribution in [0.25, 0.3) is 17.1 Å². The number of carbonyl (C=O) groups excluding carboxylic acids is 1. The summed E-state index contributed by atoms with van der Waals surface area (Å²) in [4.78, 5) is 16.9. The Hall–Kier alpha value is -3.92. The summed E-state index contributed by atoms with van der Waals surface area (Å²) in [5.41, 5.74) is 2.40. The molecule has 5 rings (SSSR count). The molecular formula is C24H20FN5O3S. The maximum Gasteiger partial charge on any atom is 0.233 e. The van der Waals surface area contributed by atoms with Crippen LogP contribution in [0.2, 0.25) is 0 Å². The predicted molar refractivity (Wildman–Crippen MR) is 124 cm³/mol. The minimum Gasteiger partial charge on any atom is -0.454 e. The number of hydrogen-bond acceptors (Lipinski definition) is 7. The molecule has 1 aliphatic heterocycles. The van der Waals surface area contributed by atoms with Crippen LogP contribution in [0.1, 0.15) is 12.5 Å².